The summed E-state index contributed by atoms with van der Waals surface area (Å²) >= 11 is 0. The molecule has 0 saturated carbocycles. The molecule has 1 aliphatic heterocycles. The molecule has 3 nitrogen and oxygen atoms in total. The molecule has 0 aromatic heterocycles. The summed E-state index contributed by atoms with van der Waals surface area (Å²) in [5.41, 5.74) is 8.59. The fourth-order valence-corrected chi connectivity index (χ4v) is 1.53. The Morgan fingerprint density at radius 3 is 2.46 bits per heavy atom. The number of benzene rings is 1. The summed E-state index contributed by atoms with van der Waals surface area (Å²) in [4.78, 5) is 0. The third-order valence-electron chi connectivity index (χ3n) is 2.29. The standard InChI is InChI=1S/C10H13NO2/c1-6-5-8(11)7(2)10-9(6)12-3-4-13-10/h5H,3-4,11H2,1-2H3. The van der Waals surface area contributed by atoms with Gasteiger partial charge in [0.2, 0.25) is 0 Å². The molecule has 0 unspecified atom stereocenters. The van der Waals surface area contributed by atoms with Crippen molar-refractivity contribution in [1.82, 2.24) is 0 Å². The molecule has 2 N–H and O–H groups in total. The van der Waals surface area contributed by atoms with Crippen molar-refractivity contribution >= 4 is 5.69 Å². The summed E-state index contributed by atoms with van der Waals surface area (Å²) in [6, 6.07) is 1.92. The fourth-order valence-electron chi connectivity index (χ4n) is 1.53. The lowest BCUT2D eigenvalue weighted by atomic mass is 10.1. The number of aryl methyl sites for hydroxylation is 1. The lowest BCUT2D eigenvalue weighted by Crippen LogP contribution is -2.17. The van der Waals surface area contributed by atoms with Crippen LogP contribution in [0, 0.1) is 13.8 Å². The van der Waals surface area contributed by atoms with Crippen molar-refractivity contribution in [1.29, 1.82) is 0 Å². The first-order chi connectivity index (χ1) is 6.20. The average molecular weight is 179 g/mol. The number of nitrogen functional groups attached to an aromatic ring is 1. The highest BCUT2D eigenvalue weighted by Crippen LogP contribution is 2.39. The van der Waals surface area contributed by atoms with E-state index in [9.17, 15) is 0 Å². The Morgan fingerprint density at radius 1 is 1.15 bits per heavy atom. The summed E-state index contributed by atoms with van der Waals surface area (Å²) in [6.07, 6.45) is 0. The van der Waals surface area contributed by atoms with Gasteiger partial charge in [0.1, 0.15) is 13.2 Å². The van der Waals surface area contributed by atoms with Crippen LogP contribution in [-0.2, 0) is 0 Å². The van der Waals surface area contributed by atoms with E-state index in [1.165, 1.54) is 0 Å². The van der Waals surface area contributed by atoms with E-state index < -0.39 is 0 Å². The van der Waals surface area contributed by atoms with Crippen LogP contribution in [0.15, 0.2) is 6.07 Å². The first-order valence-corrected chi connectivity index (χ1v) is 4.35. The molecule has 3 heteroatoms. The molecule has 0 atom stereocenters. The smallest absolute Gasteiger partial charge is 0.166 e. The average Bonchev–Trinajstić information content (AvgIpc) is 2.15. The second-order valence-electron chi connectivity index (χ2n) is 3.26. The summed E-state index contributed by atoms with van der Waals surface area (Å²) in [6.45, 7) is 5.15. The van der Waals surface area contributed by atoms with E-state index in [1.54, 1.807) is 0 Å². The Labute approximate surface area is 77.5 Å². The van der Waals surface area contributed by atoms with Crippen LogP contribution in [0.1, 0.15) is 11.1 Å². The third-order valence-corrected chi connectivity index (χ3v) is 2.29. The van der Waals surface area contributed by atoms with Crippen LogP contribution >= 0.6 is 0 Å². The van der Waals surface area contributed by atoms with E-state index in [2.05, 4.69) is 0 Å². The monoisotopic (exact) mass is 179 g/mol. The fraction of sp³-hybridized carbons (Fsp3) is 0.400. The summed E-state index contributed by atoms with van der Waals surface area (Å²) in [5.74, 6) is 1.65. The minimum Gasteiger partial charge on any atom is -0.486 e. The predicted molar refractivity (Wildman–Crippen MR) is 51.3 cm³/mol. The van der Waals surface area contributed by atoms with E-state index in [1.807, 2.05) is 19.9 Å². The normalized spacial score (nSPS) is 14.3. The molecule has 0 spiro atoms. The van der Waals surface area contributed by atoms with Gasteiger partial charge in [-0.1, -0.05) is 0 Å². The number of nitrogens with two attached hydrogens (primary N) is 1. The molecule has 2 rings (SSSR count). The zero-order chi connectivity index (χ0) is 9.42. The molecule has 0 bridgehead atoms. The van der Waals surface area contributed by atoms with Crippen LogP contribution < -0.4 is 15.2 Å². The Balaban J connectivity index is 2.63. The summed E-state index contributed by atoms with van der Waals surface area (Å²) in [5, 5.41) is 0. The van der Waals surface area contributed by atoms with Gasteiger partial charge in [-0.3, -0.25) is 0 Å². The number of ether oxygens (including phenoxy) is 2. The molecular weight excluding hydrogens is 166 g/mol. The van der Waals surface area contributed by atoms with Crippen molar-refractivity contribution in [3.63, 3.8) is 0 Å². The topological polar surface area (TPSA) is 44.5 Å². The zero-order valence-electron chi connectivity index (χ0n) is 7.89. The highest BCUT2D eigenvalue weighted by atomic mass is 16.6. The Hall–Kier alpha value is -1.38. The second kappa shape index (κ2) is 2.83. The lowest BCUT2D eigenvalue weighted by Gasteiger charge is -2.22. The molecule has 13 heavy (non-hydrogen) atoms. The van der Waals surface area contributed by atoms with Crippen molar-refractivity contribution in [2.75, 3.05) is 18.9 Å². The van der Waals surface area contributed by atoms with Gasteiger partial charge in [-0.15, -0.1) is 0 Å². The minimum atomic E-state index is 0.608. The maximum atomic E-state index is 5.81. The van der Waals surface area contributed by atoms with Gasteiger partial charge in [0.05, 0.1) is 0 Å². The summed E-state index contributed by atoms with van der Waals surface area (Å²) in [7, 11) is 0. The van der Waals surface area contributed by atoms with E-state index in [0.717, 1.165) is 28.3 Å². The highest BCUT2D eigenvalue weighted by molar-refractivity contribution is 5.63. The van der Waals surface area contributed by atoms with Gasteiger partial charge in [0.15, 0.2) is 11.5 Å². The number of anilines is 1. The van der Waals surface area contributed by atoms with Gasteiger partial charge in [-0.2, -0.15) is 0 Å². The predicted octanol–water partition coefficient (Wildman–Crippen LogP) is 1.66. The van der Waals surface area contributed by atoms with Gasteiger partial charge >= 0.3 is 0 Å². The summed E-state index contributed by atoms with van der Waals surface area (Å²) < 4.78 is 11.0. The molecule has 1 aromatic rings. The maximum absolute atomic E-state index is 5.81. The molecule has 70 valence electrons. The molecule has 0 aliphatic carbocycles. The van der Waals surface area contributed by atoms with Crippen LogP contribution in [0.4, 0.5) is 5.69 Å². The number of hydrogen-bond acceptors (Lipinski definition) is 3. The molecule has 0 fully saturated rings. The quantitative estimate of drug-likeness (QED) is 0.616. The van der Waals surface area contributed by atoms with Gasteiger partial charge in [-0.05, 0) is 25.5 Å². The molecule has 1 aromatic carbocycles. The molecular formula is C10H13NO2. The van der Waals surface area contributed by atoms with E-state index in [0.29, 0.717) is 13.2 Å². The van der Waals surface area contributed by atoms with Crippen LogP contribution in [-0.4, -0.2) is 13.2 Å². The Bertz CT molecular complexity index is 347. The van der Waals surface area contributed by atoms with Gasteiger partial charge in [0.25, 0.3) is 0 Å². The van der Waals surface area contributed by atoms with Crippen molar-refractivity contribution in [2.45, 2.75) is 13.8 Å². The van der Waals surface area contributed by atoms with Crippen molar-refractivity contribution < 1.29 is 9.47 Å². The van der Waals surface area contributed by atoms with Crippen LogP contribution in [0.25, 0.3) is 0 Å². The van der Waals surface area contributed by atoms with Crippen LogP contribution in [0.5, 0.6) is 11.5 Å². The number of fused-ring (bicyclic) bond motifs is 1. The first kappa shape index (κ1) is 8.23. The van der Waals surface area contributed by atoms with E-state index >= 15 is 0 Å². The minimum absolute atomic E-state index is 0.608. The van der Waals surface area contributed by atoms with Gasteiger partial charge in [0, 0.05) is 11.3 Å². The lowest BCUT2D eigenvalue weighted by molar-refractivity contribution is 0.169. The zero-order valence-corrected chi connectivity index (χ0v) is 7.89. The van der Waals surface area contributed by atoms with E-state index in [4.69, 9.17) is 15.2 Å². The van der Waals surface area contributed by atoms with Gasteiger partial charge in [-0.25, -0.2) is 0 Å². The molecule has 0 amide bonds. The molecule has 0 radical (unpaired) electrons. The Kier molecular flexibility index (Phi) is 1.79. The molecule has 1 aliphatic rings. The molecule has 0 saturated heterocycles. The van der Waals surface area contributed by atoms with Crippen molar-refractivity contribution in [2.24, 2.45) is 0 Å². The van der Waals surface area contributed by atoms with E-state index in [-0.39, 0.29) is 0 Å². The number of rotatable bonds is 0. The van der Waals surface area contributed by atoms with Crippen molar-refractivity contribution in [3.05, 3.63) is 17.2 Å². The van der Waals surface area contributed by atoms with Crippen LogP contribution in [0.2, 0.25) is 0 Å². The highest BCUT2D eigenvalue weighted by Gasteiger charge is 2.18. The number of hydrogen-bond donors (Lipinski definition) is 1. The molecule has 1 heterocycles. The SMILES string of the molecule is Cc1cc(N)c(C)c2c1OCCO2. The third kappa shape index (κ3) is 1.20. The largest absolute Gasteiger partial charge is 0.486 e. The van der Waals surface area contributed by atoms with Crippen molar-refractivity contribution in [3.8, 4) is 11.5 Å². The first-order valence-electron chi connectivity index (χ1n) is 4.35. The maximum Gasteiger partial charge on any atom is 0.166 e. The second-order valence-corrected chi connectivity index (χ2v) is 3.26. The van der Waals surface area contributed by atoms with Gasteiger partial charge < -0.3 is 15.2 Å². The Morgan fingerprint density at radius 2 is 1.77 bits per heavy atom. The van der Waals surface area contributed by atoms with Crippen LogP contribution in [0.3, 0.4) is 0 Å².